The number of carbonyl (C=O) groups excluding carboxylic acids is 1. The van der Waals surface area contributed by atoms with Gasteiger partial charge in [0.25, 0.3) is 5.88 Å². The van der Waals surface area contributed by atoms with Crippen LogP contribution in [-0.2, 0) is 16.1 Å². The average molecular weight is 462 g/mol. The van der Waals surface area contributed by atoms with Crippen LogP contribution in [0.4, 0.5) is 0 Å². The molecule has 5 rings (SSSR count). The maximum absolute atomic E-state index is 13.2. The largest absolute Gasteiger partial charge is 0.436 e. The van der Waals surface area contributed by atoms with E-state index in [-0.39, 0.29) is 30.1 Å². The van der Waals surface area contributed by atoms with E-state index in [1.165, 1.54) is 9.96 Å². The molecule has 1 N–H and O–H groups in total. The lowest BCUT2D eigenvalue weighted by Gasteiger charge is -2.10. The van der Waals surface area contributed by atoms with E-state index in [0.29, 0.717) is 29.2 Å². The van der Waals surface area contributed by atoms with Gasteiger partial charge in [0.2, 0.25) is 11.6 Å². The van der Waals surface area contributed by atoms with Crippen molar-refractivity contribution in [1.29, 1.82) is 0 Å². The van der Waals surface area contributed by atoms with Gasteiger partial charge in [-0.3, -0.25) is 4.79 Å². The molecule has 9 nitrogen and oxygen atoms in total. The van der Waals surface area contributed by atoms with Crippen molar-refractivity contribution < 1.29 is 14.3 Å². The number of ether oxygens (including phenoxy) is 2. The van der Waals surface area contributed by atoms with Gasteiger partial charge in [0, 0.05) is 13.2 Å². The fraction of sp³-hybridized carbons (Fsp3) is 0.360. The standard InChI is InChI=1S/C25H27N5O4/c1-16(2)17-9-11-18(12-10-17)34-24-23-28-29(15-22(31)26-14-19-6-5-13-33-19)25(32)30(23)21-8-4-3-7-20(21)27-24/h3-4,7-12,16,19H,5-6,13-15H2,1-2H3,(H,26,31). The fourth-order valence-corrected chi connectivity index (χ4v) is 4.10. The van der Waals surface area contributed by atoms with Crippen LogP contribution in [0.1, 0.15) is 38.2 Å². The first kappa shape index (κ1) is 22.1. The van der Waals surface area contributed by atoms with Crippen molar-refractivity contribution in [3.63, 3.8) is 0 Å². The van der Waals surface area contributed by atoms with E-state index >= 15 is 0 Å². The molecule has 1 unspecified atom stereocenters. The molecule has 2 aromatic carbocycles. The molecular weight excluding hydrogens is 434 g/mol. The van der Waals surface area contributed by atoms with Gasteiger partial charge < -0.3 is 14.8 Å². The highest BCUT2D eigenvalue weighted by molar-refractivity contribution is 5.80. The number of carbonyl (C=O) groups is 1. The number of aromatic nitrogens is 4. The zero-order valence-corrected chi connectivity index (χ0v) is 19.2. The first-order valence-electron chi connectivity index (χ1n) is 11.5. The van der Waals surface area contributed by atoms with Gasteiger partial charge in [-0.15, -0.1) is 5.10 Å². The second kappa shape index (κ2) is 9.26. The van der Waals surface area contributed by atoms with Crippen molar-refractivity contribution in [3.05, 3.63) is 64.6 Å². The van der Waals surface area contributed by atoms with Crippen molar-refractivity contribution in [2.75, 3.05) is 13.2 Å². The van der Waals surface area contributed by atoms with E-state index in [1.807, 2.05) is 42.5 Å². The van der Waals surface area contributed by atoms with Crippen LogP contribution >= 0.6 is 0 Å². The van der Waals surface area contributed by atoms with E-state index in [2.05, 4.69) is 29.2 Å². The molecule has 0 spiro atoms. The predicted molar refractivity (Wildman–Crippen MR) is 127 cm³/mol. The number of rotatable bonds is 7. The summed E-state index contributed by atoms with van der Waals surface area (Å²) in [6.07, 6.45) is 1.94. The molecule has 1 saturated heterocycles. The second-order valence-electron chi connectivity index (χ2n) is 8.77. The lowest BCUT2D eigenvalue weighted by molar-refractivity contribution is -0.122. The van der Waals surface area contributed by atoms with Crippen LogP contribution in [-0.4, -0.2) is 44.3 Å². The van der Waals surface area contributed by atoms with Crippen molar-refractivity contribution in [3.8, 4) is 11.6 Å². The van der Waals surface area contributed by atoms with E-state index in [1.54, 1.807) is 6.07 Å². The predicted octanol–water partition coefficient (Wildman–Crippen LogP) is 3.26. The molecule has 9 heteroatoms. The number of amides is 1. The van der Waals surface area contributed by atoms with E-state index in [9.17, 15) is 9.59 Å². The number of benzene rings is 2. The Bertz CT molecular complexity index is 1380. The Morgan fingerprint density at radius 3 is 2.74 bits per heavy atom. The van der Waals surface area contributed by atoms with Crippen molar-refractivity contribution in [2.24, 2.45) is 0 Å². The fourth-order valence-electron chi connectivity index (χ4n) is 4.10. The molecule has 1 atom stereocenters. The van der Waals surface area contributed by atoms with Crippen LogP contribution in [0.5, 0.6) is 11.6 Å². The number of nitrogens with zero attached hydrogens (tertiary/aromatic N) is 4. The molecule has 3 heterocycles. The first-order chi connectivity index (χ1) is 16.5. The van der Waals surface area contributed by atoms with E-state index in [0.717, 1.165) is 24.1 Å². The van der Waals surface area contributed by atoms with Gasteiger partial charge in [0.1, 0.15) is 12.3 Å². The molecule has 0 radical (unpaired) electrons. The third kappa shape index (κ3) is 4.38. The maximum Gasteiger partial charge on any atom is 0.351 e. The summed E-state index contributed by atoms with van der Waals surface area (Å²) in [5.74, 6) is 0.891. The Hall–Kier alpha value is -3.72. The summed E-state index contributed by atoms with van der Waals surface area (Å²) in [6, 6.07) is 15.0. The van der Waals surface area contributed by atoms with Crippen molar-refractivity contribution in [2.45, 2.75) is 45.3 Å². The van der Waals surface area contributed by atoms with Crippen LogP contribution < -0.4 is 15.7 Å². The third-order valence-corrected chi connectivity index (χ3v) is 5.98. The zero-order valence-electron chi connectivity index (χ0n) is 19.2. The molecule has 4 aromatic rings. The normalized spacial score (nSPS) is 15.9. The number of hydrogen-bond donors (Lipinski definition) is 1. The molecular formula is C25H27N5O4. The number of hydrogen-bond acceptors (Lipinski definition) is 6. The maximum atomic E-state index is 13.2. The first-order valence-corrected chi connectivity index (χ1v) is 11.5. The van der Waals surface area contributed by atoms with Crippen molar-refractivity contribution in [1.82, 2.24) is 24.5 Å². The van der Waals surface area contributed by atoms with Crippen LogP contribution in [0.2, 0.25) is 0 Å². The molecule has 1 aliphatic heterocycles. The minimum absolute atomic E-state index is 0.0250. The van der Waals surface area contributed by atoms with Gasteiger partial charge in [-0.25, -0.2) is 18.9 Å². The highest BCUT2D eigenvalue weighted by atomic mass is 16.5. The SMILES string of the molecule is CC(C)c1ccc(Oc2nc3ccccc3n3c(=O)n(CC(=O)NCC4CCCO4)nc23)cc1. The lowest BCUT2D eigenvalue weighted by atomic mass is 10.0. The quantitative estimate of drug-likeness (QED) is 0.454. The second-order valence-corrected chi connectivity index (χ2v) is 8.77. The van der Waals surface area contributed by atoms with E-state index in [4.69, 9.17) is 9.47 Å². The summed E-state index contributed by atoms with van der Waals surface area (Å²) < 4.78 is 14.2. The van der Waals surface area contributed by atoms with Gasteiger partial charge in [0.15, 0.2) is 0 Å². The van der Waals surface area contributed by atoms with Crippen molar-refractivity contribution >= 4 is 22.6 Å². The molecule has 0 saturated carbocycles. The molecule has 0 aliphatic carbocycles. The summed E-state index contributed by atoms with van der Waals surface area (Å²) in [6.45, 7) is 5.19. The van der Waals surface area contributed by atoms with Gasteiger partial charge in [-0.1, -0.05) is 38.1 Å². The van der Waals surface area contributed by atoms with Gasteiger partial charge in [0.05, 0.1) is 17.1 Å². The van der Waals surface area contributed by atoms with E-state index < -0.39 is 5.69 Å². The number of para-hydroxylation sites is 2. The molecule has 1 amide bonds. The van der Waals surface area contributed by atoms with Crippen LogP contribution in [0.3, 0.4) is 0 Å². The Morgan fingerprint density at radius 1 is 1.21 bits per heavy atom. The monoisotopic (exact) mass is 461 g/mol. The Balaban J connectivity index is 1.48. The minimum Gasteiger partial charge on any atom is -0.436 e. The Kier molecular flexibility index (Phi) is 6.02. The van der Waals surface area contributed by atoms with Crippen LogP contribution in [0.15, 0.2) is 53.3 Å². The molecule has 176 valence electrons. The van der Waals surface area contributed by atoms with Crippen LogP contribution in [0, 0.1) is 0 Å². The molecule has 1 fully saturated rings. The van der Waals surface area contributed by atoms with Crippen LogP contribution in [0.25, 0.3) is 16.7 Å². The number of fused-ring (bicyclic) bond motifs is 3. The molecule has 34 heavy (non-hydrogen) atoms. The van der Waals surface area contributed by atoms with Gasteiger partial charge in [-0.05, 0) is 48.6 Å². The lowest BCUT2D eigenvalue weighted by Crippen LogP contribution is -2.36. The summed E-state index contributed by atoms with van der Waals surface area (Å²) in [5, 5.41) is 7.24. The Morgan fingerprint density at radius 2 is 2.00 bits per heavy atom. The highest BCUT2D eigenvalue weighted by Gasteiger charge is 2.20. The summed E-state index contributed by atoms with van der Waals surface area (Å²) in [4.78, 5) is 30.3. The topological polar surface area (TPSA) is 99.8 Å². The minimum atomic E-state index is -0.430. The zero-order chi connectivity index (χ0) is 23.7. The molecule has 1 aliphatic rings. The summed E-state index contributed by atoms with van der Waals surface area (Å²) >= 11 is 0. The molecule has 2 aromatic heterocycles. The van der Waals surface area contributed by atoms with Gasteiger partial charge >= 0.3 is 5.69 Å². The summed E-state index contributed by atoms with van der Waals surface area (Å²) in [5.41, 5.74) is 2.20. The smallest absolute Gasteiger partial charge is 0.351 e. The third-order valence-electron chi connectivity index (χ3n) is 5.98. The summed E-state index contributed by atoms with van der Waals surface area (Å²) in [7, 11) is 0. The Labute approximate surface area is 196 Å². The molecule has 0 bridgehead atoms. The van der Waals surface area contributed by atoms with Gasteiger partial charge in [-0.2, -0.15) is 0 Å². The number of nitrogens with one attached hydrogen (secondary N) is 1. The average Bonchev–Trinajstić information content (AvgIpc) is 3.47. The highest BCUT2D eigenvalue weighted by Crippen LogP contribution is 2.27.